The minimum atomic E-state index is -4.38. The van der Waals surface area contributed by atoms with Crippen LogP contribution in [0.4, 0.5) is 13.2 Å². The summed E-state index contributed by atoms with van der Waals surface area (Å²) in [5.74, 6) is 0.277. The lowest BCUT2D eigenvalue weighted by Gasteiger charge is -2.35. The molecule has 1 aliphatic rings. The van der Waals surface area contributed by atoms with Crippen LogP contribution < -0.4 is 10.1 Å². The Morgan fingerprint density at radius 2 is 1.92 bits per heavy atom. The molecule has 0 bridgehead atoms. The van der Waals surface area contributed by atoms with Crippen LogP contribution in [0.25, 0.3) is 0 Å². The Kier molecular flexibility index (Phi) is 6.73. The molecule has 25 heavy (non-hydrogen) atoms. The highest BCUT2D eigenvalue weighted by atomic mass is 35.5. The molecule has 1 N–H and O–H groups in total. The first-order chi connectivity index (χ1) is 11.5. The number of methoxy groups -OCH3 is 1. The summed E-state index contributed by atoms with van der Waals surface area (Å²) in [4.78, 5) is 2.28. The number of piperazine rings is 1. The minimum Gasteiger partial charge on any atom is -0.496 e. The van der Waals surface area contributed by atoms with Crippen molar-refractivity contribution in [1.29, 1.82) is 0 Å². The van der Waals surface area contributed by atoms with E-state index in [1.807, 2.05) is 16.8 Å². The Bertz CT molecular complexity index is 673. The molecule has 1 aromatic heterocycles. The largest absolute Gasteiger partial charge is 0.496 e. The fourth-order valence-electron chi connectivity index (χ4n) is 3.07. The van der Waals surface area contributed by atoms with E-state index < -0.39 is 11.7 Å². The molecule has 0 amide bonds. The predicted octanol–water partition coefficient (Wildman–Crippen LogP) is 4.19. The first-order valence-electron chi connectivity index (χ1n) is 7.72. The van der Waals surface area contributed by atoms with E-state index in [-0.39, 0.29) is 24.2 Å². The standard InChI is InChI=1S/C17H19F3N2OS.ClH/c1-23-15-10-13(17(18,19)20)2-3-14(15)16(12-4-9-24-11-12)22-7-5-21-6-8-22;/h2-4,9-11,16,21H,5-8H2,1H3;1H/t16-;/m0./s1. The van der Waals surface area contributed by atoms with Crippen LogP contribution >= 0.6 is 23.7 Å². The number of hydrogen-bond acceptors (Lipinski definition) is 4. The van der Waals surface area contributed by atoms with Gasteiger partial charge in [-0.2, -0.15) is 24.5 Å². The molecule has 0 saturated carbocycles. The van der Waals surface area contributed by atoms with Crippen molar-refractivity contribution in [3.05, 3.63) is 51.7 Å². The average Bonchev–Trinajstić information content (AvgIpc) is 3.09. The molecule has 3 rings (SSSR count). The van der Waals surface area contributed by atoms with Crippen LogP contribution in [0.2, 0.25) is 0 Å². The topological polar surface area (TPSA) is 24.5 Å². The number of rotatable bonds is 4. The highest BCUT2D eigenvalue weighted by molar-refractivity contribution is 7.08. The van der Waals surface area contributed by atoms with E-state index >= 15 is 0 Å². The Morgan fingerprint density at radius 1 is 1.20 bits per heavy atom. The van der Waals surface area contributed by atoms with E-state index in [2.05, 4.69) is 10.2 Å². The summed E-state index contributed by atoms with van der Waals surface area (Å²) in [6, 6.07) is 5.70. The molecule has 138 valence electrons. The smallest absolute Gasteiger partial charge is 0.416 e. The van der Waals surface area contributed by atoms with E-state index in [1.54, 1.807) is 17.4 Å². The van der Waals surface area contributed by atoms with Gasteiger partial charge in [0.25, 0.3) is 0 Å². The van der Waals surface area contributed by atoms with Crippen molar-refractivity contribution in [2.75, 3.05) is 33.3 Å². The first kappa shape index (κ1) is 20.0. The second-order valence-electron chi connectivity index (χ2n) is 5.70. The number of alkyl halides is 3. The number of hydrogen-bond donors (Lipinski definition) is 1. The van der Waals surface area contributed by atoms with Gasteiger partial charge in [0.1, 0.15) is 5.75 Å². The summed E-state index contributed by atoms with van der Waals surface area (Å²) >= 11 is 1.58. The molecule has 0 unspecified atom stereocenters. The van der Waals surface area contributed by atoms with Crippen LogP contribution in [-0.2, 0) is 6.18 Å². The van der Waals surface area contributed by atoms with Gasteiger partial charge in [0.05, 0.1) is 18.7 Å². The highest BCUT2D eigenvalue weighted by Gasteiger charge is 2.33. The summed E-state index contributed by atoms with van der Waals surface area (Å²) in [7, 11) is 1.42. The maximum atomic E-state index is 13.0. The minimum absolute atomic E-state index is 0. The fourth-order valence-corrected chi connectivity index (χ4v) is 3.75. The van der Waals surface area contributed by atoms with E-state index in [9.17, 15) is 13.2 Å². The number of nitrogens with zero attached hydrogens (tertiary/aromatic N) is 1. The van der Waals surface area contributed by atoms with E-state index in [1.165, 1.54) is 7.11 Å². The third-order valence-corrected chi connectivity index (χ3v) is 4.93. The molecule has 1 atom stereocenters. The summed E-state index contributed by atoms with van der Waals surface area (Å²) in [5.41, 5.74) is 1.17. The van der Waals surface area contributed by atoms with E-state index in [0.717, 1.165) is 49.4 Å². The van der Waals surface area contributed by atoms with Crippen LogP contribution in [0.5, 0.6) is 5.75 Å². The van der Waals surface area contributed by atoms with Gasteiger partial charge in [0.2, 0.25) is 0 Å². The zero-order valence-electron chi connectivity index (χ0n) is 13.7. The molecule has 3 nitrogen and oxygen atoms in total. The molecule has 0 radical (unpaired) electrons. The van der Waals surface area contributed by atoms with Gasteiger partial charge in [-0.1, -0.05) is 6.07 Å². The van der Waals surface area contributed by atoms with Gasteiger partial charge in [0.15, 0.2) is 0 Å². The zero-order valence-corrected chi connectivity index (χ0v) is 15.3. The van der Waals surface area contributed by atoms with Crippen LogP contribution in [0.3, 0.4) is 0 Å². The Balaban J connectivity index is 0.00000225. The molecule has 1 aromatic carbocycles. The number of halogens is 4. The van der Waals surface area contributed by atoms with Crippen LogP contribution in [0.15, 0.2) is 35.0 Å². The van der Waals surface area contributed by atoms with Gasteiger partial charge < -0.3 is 10.1 Å². The lowest BCUT2D eigenvalue weighted by atomic mass is 9.96. The lowest BCUT2D eigenvalue weighted by Crippen LogP contribution is -2.45. The number of thiophene rings is 1. The van der Waals surface area contributed by atoms with Crippen molar-refractivity contribution >= 4 is 23.7 Å². The maximum Gasteiger partial charge on any atom is 0.416 e. The van der Waals surface area contributed by atoms with Crippen molar-refractivity contribution in [2.45, 2.75) is 12.2 Å². The summed E-state index contributed by atoms with van der Waals surface area (Å²) < 4.78 is 44.3. The van der Waals surface area contributed by atoms with Crippen molar-refractivity contribution in [1.82, 2.24) is 10.2 Å². The number of nitrogens with one attached hydrogen (secondary N) is 1. The normalized spacial score (nSPS) is 17.0. The third-order valence-electron chi connectivity index (χ3n) is 4.23. The molecule has 8 heteroatoms. The molecule has 2 aromatic rings. The third kappa shape index (κ3) is 4.47. The SMILES string of the molecule is COc1cc(C(F)(F)F)ccc1[C@H](c1ccsc1)N1CCNCC1.Cl. The molecule has 1 aliphatic heterocycles. The maximum absolute atomic E-state index is 13.0. The van der Waals surface area contributed by atoms with Gasteiger partial charge in [-0.05, 0) is 34.5 Å². The van der Waals surface area contributed by atoms with Gasteiger partial charge in [-0.15, -0.1) is 12.4 Å². The molecule has 0 spiro atoms. The highest BCUT2D eigenvalue weighted by Crippen LogP contribution is 2.39. The van der Waals surface area contributed by atoms with Crippen LogP contribution in [0, 0.1) is 0 Å². The van der Waals surface area contributed by atoms with E-state index in [0.29, 0.717) is 0 Å². The predicted molar refractivity (Wildman–Crippen MR) is 95.8 cm³/mol. The zero-order chi connectivity index (χ0) is 17.2. The van der Waals surface area contributed by atoms with Crippen molar-refractivity contribution < 1.29 is 17.9 Å². The average molecular weight is 393 g/mol. The summed E-state index contributed by atoms with van der Waals surface area (Å²) in [6.07, 6.45) is -4.38. The number of benzene rings is 1. The second kappa shape index (κ2) is 8.40. The second-order valence-corrected chi connectivity index (χ2v) is 6.48. The Morgan fingerprint density at radius 3 is 2.48 bits per heavy atom. The molecular formula is C17H20ClF3N2OS. The molecule has 1 saturated heterocycles. The van der Waals surface area contributed by atoms with E-state index in [4.69, 9.17) is 4.74 Å². The van der Waals surface area contributed by atoms with Gasteiger partial charge in [-0.25, -0.2) is 0 Å². The van der Waals surface area contributed by atoms with Crippen molar-refractivity contribution in [3.8, 4) is 5.75 Å². The van der Waals surface area contributed by atoms with Gasteiger partial charge in [0, 0.05) is 31.7 Å². The Hall–Kier alpha value is -1.28. The van der Waals surface area contributed by atoms with Crippen molar-refractivity contribution in [2.24, 2.45) is 0 Å². The fraction of sp³-hybridized carbons (Fsp3) is 0.412. The van der Waals surface area contributed by atoms with Crippen LogP contribution in [0.1, 0.15) is 22.7 Å². The molecule has 0 aliphatic carbocycles. The van der Waals surface area contributed by atoms with Gasteiger partial charge in [-0.3, -0.25) is 4.90 Å². The molecule has 1 fully saturated rings. The lowest BCUT2D eigenvalue weighted by molar-refractivity contribution is -0.137. The molecule has 2 heterocycles. The first-order valence-corrected chi connectivity index (χ1v) is 8.67. The monoisotopic (exact) mass is 392 g/mol. The summed E-state index contributed by atoms with van der Waals surface area (Å²) in [5, 5.41) is 7.34. The Labute approximate surface area is 155 Å². The molecular weight excluding hydrogens is 373 g/mol. The number of ether oxygens (including phenoxy) is 1. The van der Waals surface area contributed by atoms with Gasteiger partial charge >= 0.3 is 6.18 Å². The quantitative estimate of drug-likeness (QED) is 0.844. The summed E-state index contributed by atoms with van der Waals surface area (Å²) in [6.45, 7) is 3.41. The van der Waals surface area contributed by atoms with Crippen molar-refractivity contribution in [3.63, 3.8) is 0 Å². The van der Waals surface area contributed by atoms with Crippen LogP contribution in [-0.4, -0.2) is 38.2 Å².